The lowest BCUT2D eigenvalue weighted by Gasteiger charge is -1.99. The first kappa shape index (κ1) is 10.4. The summed E-state index contributed by atoms with van der Waals surface area (Å²) in [5.74, 6) is -0.366. The van der Waals surface area contributed by atoms with Crippen molar-refractivity contribution in [3.63, 3.8) is 0 Å². The van der Waals surface area contributed by atoms with Gasteiger partial charge in [-0.05, 0) is 25.1 Å². The molecule has 0 radical (unpaired) electrons. The van der Waals surface area contributed by atoms with E-state index in [9.17, 15) is 4.39 Å². The molecule has 0 unspecified atom stereocenters. The summed E-state index contributed by atoms with van der Waals surface area (Å²) >= 11 is 0. The number of aromatic nitrogens is 2. The predicted octanol–water partition coefficient (Wildman–Crippen LogP) is 1.60. The second-order valence-electron chi connectivity index (χ2n) is 3.47. The standard InChI is InChI=1S/C11H11FN4/c1-7-10(11(13)14)6-16(15-7)9-4-2-3-8(12)5-9/h2-6H,1H3,(H3,13,14). The Hall–Kier alpha value is -2.17. The van der Waals surface area contributed by atoms with Crippen molar-refractivity contribution in [2.45, 2.75) is 6.92 Å². The molecule has 0 saturated heterocycles. The van der Waals surface area contributed by atoms with Gasteiger partial charge in [-0.3, -0.25) is 5.41 Å². The SMILES string of the molecule is Cc1nn(-c2cccc(F)c2)cc1C(=N)N. The smallest absolute Gasteiger partial charge is 0.126 e. The molecule has 1 heterocycles. The van der Waals surface area contributed by atoms with E-state index in [1.54, 1.807) is 25.3 Å². The van der Waals surface area contributed by atoms with E-state index in [-0.39, 0.29) is 11.7 Å². The normalized spacial score (nSPS) is 10.4. The van der Waals surface area contributed by atoms with Gasteiger partial charge in [0.05, 0.1) is 16.9 Å². The molecule has 1 aromatic heterocycles. The van der Waals surface area contributed by atoms with Crippen molar-refractivity contribution in [1.82, 2.24) is 9.78 Å². The highest BCUT2D eigenvalue weighted by Gasteiger charge is 2.08. The van der Waals surface area contributed by atoms with Crippen LogP contribution in [0.4, 0.5) is 4.39 Å². The van der Waals surface area contributed by atoms with Crippen LogP contribution in [0.5, 0.6) is 0 Å². The molecule has 3 N–H and O–H groups in total. The third-order valence-corrected chi connectivity index (χ3v) is 2.26. The molecule has 0 bridgehead atoms. The molecular formula is C11H11FN4. The van der Waals surface area contributed by atoms with Crippen molar-refractivity contribution >= 4 is 5.84 Å². The van der Waals surface area contributed by atoms with Crippen LogP contribution in [0.15, 0.2) is 30.5 Å². The van der Waals surface area contributed by atoms with Crippen LogP contribution in [0.2, 0.25) is 0 Å². The van der Waals surface area contributed by atoms with Gasteiger partial charge in [0.15, 0.2) is 0 Å². The predicted molar refractivity (Wildman–Crippen MR) is 59.3 cm³/mol. The minimum atomic E-state index is -0.324. The number of nitrogen functional groups attached to an aromatic ring is 1. The molecule has 0 saturated carbocycles. The lowest BCUT2D eigenvalue weighted by Crippen LogP contribution is -2.11. The lowest BCUT2D eigenvalue weighted by molar-refractivity contribution is 0.625. The third kappa shape index (κ3) is 1.79. The number of hydrogen-bond acceptors (Lipinski definition) is 2. The van der Waals surface area contributed by atoms with Crippen molar-refractivity contribution in [1.29, 1.82) is 5.41 Å². The number of rotatable bonds is 2. The van der Waals surface area contributed by atoms with E-state index in [2.05, 4.69) is 5.10 Å². The van der Waals surface area contributed by atoms with E-state index in [1.807, 2.05) is 0 Å². The summed E-state index contributed by atoms with van der Waals surface area (Å²) in [6.45, 7) is 1.76. The molecule has 0 amide bonds. The Kier molecular flexibility index (Phi) is 2.44. The second kappa shape index (κ2) is 3.77. The summed E-state index contributed by atoms with van der Waals surface area (Å²) < 4.78 is 14.5. The first-order valence-electron chi connectivity index (χ1n) is 4.74. The summed E-state index contributed by atoms with van der Waals surface area (Å²) in [5.41, 5.74) is 7.21. The molecule has 4 nitrogen and oxygen atoms in total. The van der Waals surface area contributed by atoms with E-state index in [0.29, 0.717) is 16.9 Å². The van der Waals surface area contributed by atoms with Crippen LogP contribution in [-0.4, -0.2) is 15.6 Å². The molecular weight excluding hydrogens is 207 g/mol. The zero-order valence-corrected chi connectivity index (χ0v) is 8.74. The molecule has 0 aliphatic heterocycles. The molecule has 0 aliphatic rings. The van der Waals surface area contributed by atoms with Gasteiger partial charge in [0.2, 0.25) is 0 Å². The Morgan fingerprint density at radius 1 is 1.50 bits per heavy atom. The number of amidine groups is 1. The molecule has 82 valence electrons. The number of hydrogen-bond donors (Lipinski definition) is 2. The van der Waals surface area contributed by atoms with Crippen molar-refractivity contribution < 1.29 is 4.39 Å². The van der Waals surface area contributed by atoms with Crippen LogP contribution in [0.25, 0.3) is 5.69 Å². The minimum absolute atomic E-state index is 0.0415. The summed E-state index contributed by atoms with van der Waals surface area (Å²) in [7, 11) is 0. The van der Waals surface area contributed by atoms with Crippen molar-refractivity contribution in [3.05, 3.63) is 47.5 Å². The summed E-state index contributed by atoms with van der Waals surface area (Å²) in [4.78, 5) is 0. The van der Waals surface area contributed by atoms with E-state index in [1.165, 1.54) is 16.8 Å². The van der Waals surface area contributed by atoms with Crippen LogP contribution in [-0.2, 0) is 0 Å². The fraction of sp³-hybridized carbons (Fsp3) is 0.0909. The third-order valence-electron chi connectivity index (χ3n) is 2.26. The van der Waals surface area contributed by atoms with Gasteiger partial charge < -0.3 is 5.73 Å². The Morgan fingerprint density at radius 2 is 2.25 bits per heavy atom. The van der Waals surface area contributed by atoms with E-state index in [0.717, 1.165) is 0 Å². The van der Waals surface area contributed by atoms with Crippen LogP contribution in [0.1, 0.15) is 11.3 Å². The Morgan fingerprint density at radius 3 is 2.81 bits per heavy atom. The van der Waals surface area contributed by atoms with Crippen molar-refractivity contribution in [3.8, 4) is 5.69 Å². The second-order valence-corrected chi connectivity index (χ2v) is 3.47. The van der Waals surface area contributed by atoms with Crippen LogP contribution < -0.4 is 5.73 Å². The van der Waals surface area contributed by atoms with Crippen molar-refractivity contribution in [2.24, 2.45) is 5.73 Å². The number of halogens is 1. The number of benzene rings is 1. The molecule has 0 atom stereocenters. The molecule has 0 fully saturated rings. The largest absolute Gasteiger partial charge is 0.384 e. The number of nitrogens with one attached hydrogen (secondary N) is 1. The maximum absolute atomic E-state index is 13.0. The van der Waals surface area contributed by atoms with E-state index in [4.69, 9.17) is 11.1 Å². The van der Waals surface area contributed by atoms with Gasteiger partial charge in [-0.15, -0.1) is 0 Å². The fourth-order valence-corrected chi connectivity index (χ4v) is 1.48. The maximum atomic E-state index is 13.0. The van der Waals surface area contributed by atoms with Gasteiger partial charge in [0.25, 0.3) is 0 Å². The lowest BCUT2D eigenvalue weighted by atomic mass is 10.2. The first-order chi connectivity index (χ1) is 7.58. The van der Waals surface area contributed by atoms with Gasteiger partial charge in [-0.25, -0.2) is 9.07 Å². The average molecular weight is 218 g/mol. The van der Waals surface area contributed by atoms with Crippen LogP contribution in [0, 0.1) is 18.2 Å². The highest BCUT2D eigenvalue weighted by Crippen LogP contribution is 2.12. The zero-order chi connectivity index (χ0) is 11.7. The monoisotopic (exact) mass is 218 g/mol. The van der Waals surface area contributed by atoms with Gasteiger partial charge in [-0.2, -0.15) is 5.10 Å². The van der Waals surface area contributed by atoms with Gasteiger partial charge in [0.1, 0.15) is 11.7 Å². The molecule has 2 aromatic rings. The number of nitrogens with two attached hydrogens (primary N) is 1. The maximum Gasteiger partial charge on any atom is 0.126 e. The van der Waals surface area contributed by atoms with Crippen LogP contribution >= 0.6 is 0 Å². The highest BCUT2D eigenvalue weighted by molar-refractivity contribution is 5.95. The van der Waals surface area contributed by atoms with Crippen LogP contribution in [0.3, 0.4) is 0 Å². The van der Waals surface area contributed by atoms with Gasteiger partial charge >= 0.3 is 0 Å². The Balaban J connectivity index is 2.49. The van der Waals surface area contributed by atoms with Gasteiger partial charge in [0, 0.05) is 6.20 Å². The zero-order valence-electron chi connectivity index (χ0n) is 8.74. The number of nitrogens with zero attached hydrogens (tertiary/aromatic N) is 2. The summed E-state index contributed by atoms with van der Waals surface area (Å²) in [6, 6.07) is 6.08. The Labute approximate surface area is 92.0 Å². The fourth-order valence-electron chi connectivity index (χ4n) is 1.48. The molecule has 16 heavy (non-hydrogen) atoms. The first-order valence-corrected chi connectivity index (χ1v) is 4.74. The molecule has 2 rings (SSSR count). The number of aryl methyl sites for hydroxylation is 1. The van der Waals surface area contributed by atoms with Crippen molar-refractivity contribution in [2.75, 3.05) is 0 Å². The minimum Gasteiger partial charge on any atom is -0.384 e. The molecule has 1 aromatic carbocycles. The van der Waals surface area contributed by atoms with Gasteiger partial charge in [-0.1, -0.05) is 6.07 Å². The average Bonchev–Trinajstić information content (AvgIpc) is 2.60. The topological polar surface area (TPSA) is 67.7 Å². The molecule has 0 aliphatic carbocycles. The summed E-state index contributed by atoms with van der Waals surface area (Å²) in [5, 5.41) is 11.5. The quantitative estimate of drug-likeness (QED) is 0.594. The van der Waals surface area contributed by atoms with E-state index < -0.39 is 0 Å². The Bertz CT molecular complexity index is 545. The van der Waals surface area contributed by atoms with E-state index >= 15 is 0 Å². The summed E-state index contributed by atoms with van der Waals surface area (Å²) in [6.07, 6.45) is 1.62. The molecule has 5 heteroatoms. The molecule has 0 spiro atoms. The highest BCUT2D eigenvalue weighted by atomic mass is 19.1.